The number of hydrogen-bond acceptors (Lipinski definition) is 8. The predicted octanol–water partition coefficient (Wildman–Crippen LogP) is 3.48. The largest absolute Gasteiger partial charge is 0.405 e. The molecule has 4 atom stereocenters. The number of aliphatic hydroxyl groups excluding tert-OH is 2. The number of aliphatic hydroxyl groups is 2. The molecular weight excluding hydrogens is 457 g/mol. The van der Waals surface area contributed by atoms with Crippen LogP contribution < -0.4 is 10.6 Å². The molecule has 0 spiro atoms. The molecule has 33 heavy (non-hydrogen) atoms. The quantitative estimate of drug-likeness (QED) is 0.402. The van der Waals surface area contributed by atoms with E-state index < -0.39 is 36.9 Å². The van der Waals surface area contributed by atoms with E-state index in [0.717, 1.165) is 10.2 Å². The Balaban J connectivity index is 1.73. The van der Waals surface area contributed by atoms with Crippen molar-refractivity contribution in [2.75, 3.05) is 23.7 Å². The summed E-state index contributed by atoms with van der Waals surface area (Å²) < 4.78 is 39.1. The maximum absolute atomic E-state index is 12.7. The molecule has 0 bridgehead atoms. The number of rotatable bonds is 6. The lowest BCUT2D eigenvalue weighted by atomic mass is 10.1. The summed E-state index contributed by atoms with van der Waals surface area (Å²) in [4.78, 5) is 16.4. The van der Waals surface area contributed by atoms with E-state index in [2.05, 4.69) is 30.4 Å². The molecule has 2 aromatic heterocycles. The van der Waals surface area contributed by atoms with Crippen LogP contribution in [0, 0.1) is 19.4 Å². The van der Waals surface area contributed by atoms with Gasteiger partial charge in [0.15, 0.2) is 0 Å². The minimum Gasteiger partial charge on any atom is -0.390 e. The van der Waals surface area contributed by atoms with Crippen LogP contribution in [0.4, 0.5) is 24.9 Å². The Morgan fingerprint density at radius 2 is 1.94 bits per heavy atom. The van der Waals surface area contributed by atoms with Crippen LogP contribution in [0.3, 0.4) is 0 Å². The van der Waals surface area contributed by atoms with Gasteiger partial charge in [-0.25, -0.2) is 16.5 Å². The van der Waals surface area contributed by atoms with Crippen molar-refractivity contribution in [2.24, 2.45) is 5.92 Å². The van der Waals surface area contributed by atoms with Gasteiger partial charge in [0.25, 0.3) is 0 Å². The van der Waals surface area contributed by atoms with E-state index in [4.69, 9.17) is 6.57 Å². The molecule has 0 amide bonds. The van der Waals surface area contributed by atoms with Gasteiger partial charge in [-0.15, -0.1) is 11.3 Å². The van der Waals surface area contributed by atoms with E-state index in [1.807, 2.05) is 24.3 Å². The molecule has 1 saturated carbocycles. The SMILES string of the molecule is [C-]#[N+]C[C@H]1C[C@@H](Nc2nc(NCC(F)(F)F)nc(C)c2-c2nc3ccccc3s2)[C@H](O)[C@@H]1O. The van der Waals surface area contributed by atoms with Gasteiger partial charge in [-0.05, 0) is 25.5 Å². The first kappa shape index (κ1) is 23.2. The highest BCUT2D eigenvalue weighted by molar-refractivity contribution is 7.21. The summed E-state index contributed by atoms with van der Waals surface area (Å²) in [6.45, 7) is 7.45. The Bertz CT molecular complexity index is 1160. The molecule has 1 aliphatic carbocycles. The number of nitrogens with zero attached hydrogens (tertiary/aromatic N) is 4. The lowest BCUT2D eigenvalue weighted by molar-refractivity contribution is -0.115. The fraction of sp³-hybridized carbons (Fsp3) is 0.429. The molecule has 2 heterocycles. The Hall–Kier alpha value is -3.01. The van der Waals surface area contributed by atoms with Crippen LogP contribution in [0.2, 0.25) is 0 Å². The van der Waals surface area contributed by atoms with Crippen LogP contribution in [-0.2, 0) is 0 Å². The Morgan fingerprint density at radius 1 is 1.18 bits per heavy atom. The van der Waals surface area contributed by atoms with Crippen molar-refractivity contribution < 1.29 is 23.4 Å². The van der Waals surface area contributed by atoms with Gasteiger partial charge in [0, 0.05) is 0 Å². The number of anilines is 2. The molecule has 4 rings (SSSR count). The summed E-state index contributed by atoms with van der Waals surface area (Å²) in [6.07, 6.45) is -6.40. The average molecular weight is 479 g/mol. The van der Waals surface area contributed by atoms with Gasteiger partial charge in [0.1, 0.15) is 23.5 Å². The van der Waals surface area contributed by atoms with Crippen LogP contribution in [-0.4, -0.2) is 62.7 Å². The molecule has 1 fully saturated rings. The van der Waals surface area contributed by atoms with Crippen molar-refractivity contribution in [2.45, 2.75) is 37.8 Å². The monoisotopic (exact) mass is 478 g/mol. The van der Waals surface area contributed by atoms with Gasteiger partial charge in [-0.1, -0.05) is 12.1 Å². The van der Waals surface area contributed by atoms with E-state index in [0.29, 0.717) is 22.7 Å². The number of nitrogens with one attached hydrogen (secondary N) is 2. The second-order valence-electron chi connectivity index (χ2n) is 7.88. The summed E-state index contributed by atoms with van der Waals surface area (Å²) in [5, 5.41) is 26.6. The van der Waals surface area contributed by atoms with Gasteiger partial charge in [-0.2, -0.15) is 18.2 Å². The summed E-state index contributed by atoms with van der Waals surface area (Å²) in [6, 6.07) is 6.84. The third-order valence-corrected chi connectivity index (χ3v) is 6.55. The van der Waals surface area contributed by atoms with Crippen molar-refractivity contribution in [3.05, 3.63) is 41.4 Å². The number of aryl methyl sites for hydroxylation is 1. The highest BCUT2D eigenvalue weighted by Crippen LogP contribution is 2.38. The third-order valence-electron chi connectivity index (χ3n) is 5.49. The molecule has 8 nitrogen and oxygen atoms in total. The Kier molecular flexibility index (Phi) is 6.38. The third kappa shape index (κ3) is 5.00. The molecule has 0 aliphatic heterocycles. The highest BCUT2D eigenvalue weighted by atomic mass is 32.1. The van der Waals surface area contributed by atoms with Crippen LogP contribution in [0.5, 0.6) is 0 Å². The van der Waals surface area contributed by atoms with Crippen molar-refractivity contribution in [3.63, 3.8) is 0 Å². The zero-order valence-electron chi connectivity index (χ0n) is 17.5. The van der Waals surface area contributed by atoms with Crippen LogP contribution in [0.25, 0.3) is 25.6 Å². The number of hydrogen-bond donors (Lipinski definition) is 4. The van der Waals surface area contributed by atoms with E-state index >= 15 is 0 Å². The molecule has 0 radical (unpaired) electrons. The molecule has 4 N–H and O–H groups in total. The van der Waals surface area contributed by atoms with Gasteiger partial charge in [0.05, 0.1) is 39.5 Å². The molecule has 174 valence electrons. The Morgan fingerprint density at radius 3 is 2.64 bits per heavy atom. The number of para-hydroxylation sites is 1. The van der Waals surface area contributed by atoms with E-state index in [-0.39, 0.29) is 18.3 Å². The predicted molar refractivity (Wildman–Crippen MR) is 119 cm³/mol. The van der Waals surface area contributed by atoms with Crippen LogP contribution in [0.1, 0.15) is 12.1 Å². The Labute approximate surface area is 191 Å². The number of benzene rings is 1. The number of fused-ring (bicyclic) bond motifs is 1. The summed E-state index contributed by atoms with van der Waals surface area (Å²) in [5.41, 5.74) is 1.67. The highest BCUT2D eigenvalue weighted by Gasteiger charge is 2.43. The van der Waals surface area contributed by atoms with E-state index in [1.54, 1.807) is 6.92 Å². The van der Waals surface area contributed by atoms with Gasteiger partial charge in [-0.3, -0.25) is 0 Å². The molecule has 1 aromatic carbocycles. The standard InChI is InChI=1S/C21H21F3N6O2S/c1-10-15(19-29-12-5-3-4-6-14(12)33-19)18(30-20(27-10)26-9-21(22,23)24)28-13-7-11(8-25-2)16(31)17(13)32/h3-6,11,13,16-17,31-32H,7-9H2,1H3,(H2,26,27,28,30)/t11-,13-,16-,17+/m1/s1. The second kappa shape index (κ2) is 9.09. The fourth-order valence-corrected chi connectivity index (χ4v) is 4.98. The lowest BCUT2D eigenvalue weighted by Gasteiger charge is -2.21. The molecule has 0 unspecified atom stereocenters. The van der Waals surface area contributed by atoms with Crippen LogP contribution in [0.15, 0.2) is 24.3 Å². The van der Waals surface area contributed by atoms with Crippen LogP contribution >= 0.6 is 11.3 Å². The average Bonchev–Trinajstić information content (AvgIpc) is 3.28. The molecular formula is C21H21F3N6O2S. The summed E-state index contributed by atoms with van der Waals surface area (Å²) >= 11 is 1.39. The fourth-order valence-electron chi connectivity index (χ4n) is 3.91. The zero-order chi connectivity index (χ0) is 23.8. The van der Waals surface area contributed by atoms with Crippen molar-refractivity contribution in [1.29, 1.82) is 0 Å². The zero-order valence-corrected chi connectivity index (χ0v) is 18.3. The van der Waals surface area contributed by atoms with Crippen molar-refractivity contribution in [3.8, 4) is 10.6 Å². The molecule has 3 aromatic rings. The number of thiazole rings is 1. The van der Waals surface area contributed by atoms with Crippen molar-refractivity contribution in [1.82, 2.24) is 15.0 Å². The second-order valence-corrected chi connectivity index (χ2v) is 8.91. The van der Waals surface area contributed by atoms with Gasteiger partial charge >= 0.3 is 6.18 Å². The number of halogens is 3. The molecule has 1 aliphatic rings. The molecule has 0 saturated heterocycles. The lowest BCUT2D eigenvalue weighted by Crippen LogP contribution is -2.35. The van der Waals surface area contributed by atoms with Crippen molar-refractivity contribution >= 4 is 33.3 Å². The maximum atomic E-state index is 12.7. The number of aromatic nitrogens is 3. The summed E-state index contributed by atoms with van der Waals surface area (Å²) in [7, 11) is 0. The minimum absolute atomic E-state index is 0.0579. The topological polar surface area (TPSA) is 108 Å². The minimum atomic E-state index is -4.45. The normalized spacial score (nSPS) is 22.9. The first-order valence-corrected chi connectivity index (χ1v) is 11.0. The molecule has 12 heteroatoms. The summed E-state index contributed by atoms with van der Waals surface area (Å²) in [5.74, 6) is -0.444. The van der Waals surface area contributed by atoms with E-state index in [9.17, 15) is 23.4 Å². The first-order valence-electron chi connectivity index (χ1n) is 10.2. The number of alkyl halides is 3. The van der Waals surface area contributed by atoms with E-state index in [1.165, 1.54) is 11.3 Å². The van der Waals surface area contributed by atoms with Gasteiger partial charge in [0.2, 0.25) is 12.5 Å². The maximum Gasteiger partial charge on any atom is 0.405 e. The smallest absolute Gasteiger partial charge is 0.390 e. The van der Waals surface area contributed by atoms with Gasteiger partial charge < -0.3 is 25.7 Å². The first-order chi connectivity index (χ1) is 15.7.